The van der Waals surface area contributed by atoms with Crippen LogP contribution in [0.4, 0.5) is 10.1 Å². The number of aromatic nitrogens is 1. The number of anilines is 1. The molecule has 3 aromatic rings. The number of carbonyl (C=O) groups excluding carboxylic acids is 1. The van der Waals surface area contributed by atoms with E-state index in [1.807, 2.05) is 37.4 Å². The molecule has 1 heterocycles. The van der Waals surface area contributed by atoms with Crippen LogP contribution in [0.3, 0.4) is 0 Å². The number of benzene rings is 2. The van der Waals surface area contributed by atoms with Crippen LogP contribution in [-0.2, 0) is 10.2 Å². The molecule has 0 spiro atoms. The Morgan fingerprint density at radius 2 is 2.08 bits per heavy atom. The third-order valence-corrected chi connectivity index (χ3v) is 4.78. The van der Waals surface area contributed by atoms with Crippen molar-refractivity contribution in [3.8, 4) is 5.75 Å². The fourth-order valence-corrected chi connectivity index (χ4v) is 3.33. The maximum absolute atomic E-state index is 13.4. The molecule has 0 radical (unpaired) electrons. The third-order valence-electron chi connectivity index (χ3n) is 4.78. The van der Waals surface area contributed by atoms with Crippen molar-refractivity contribution in [3.05, 3.63) is 60.0 Å². The number of aromatic amines is 1. The van der Waals surface area contributed by atoms with Gasteiger partial charge < -0.3 is 15.0 Å². The fraction of sp³-hybridized carbons (Fsp3) is 0.250. The van der Waals surface area contributed by atoms with Crippen LogP contribution in [0, 0.1) is 5.82 Å². The number of rotatable bonds is 5. The summed E-state index contributed by atoms with van der Waals surface area (Å²) in [6.45, 7) is 2.44. The zero-order chi connectivity index (χ0) is 17.4. The van der Waals surface area contributed by atoms with Crippen LogP contribution in [0.25, 0.3) is 10.9 Å². The average Bonchev–Trinajstić information content (AvgIpc) is 3.31. The van der Waals surface area contributed by atoms with Gasteiger partial charge in [0.1, 0.15) is 11.6 Å². The maximum atomic E-state index is 13.4. The quantitative estimate of drug-likeness (QED) is 0.725. The number of ether oxygens (including phenoxy) is 1. The molecule has 0 unspecified atom stereocenters. The first kappa shape index (κ1) is 15.7. The first-order valence-electron chi connectivity index (χ1n) is 8.44. The van der Waals surface area contributed by atoms with Crippen LogP contribution in [0.5, 0.6) is 5.75 Å². The number of halogens is 1. The van der Waals surface area contributed by atoms with Gasteiger partial charge in [0.05, 0.1) is 17.7 Å². The monoisotopic (exact) mass is 338 g/mol. The van der Waals surface area contributed by atoms with Crippen LogP contribution >= 0.6 is 0 Å². The summed E-state index contributed by atoms with van der Waals surface area (Å²) in [6, 6.07) is 12.0. The molecule has 2 N–H and O–H groups in total. The van der Waals surface area contributed by atoms with Gasteiger partial charge in [0.25, 0.3) is 0 Å². The van der Waals surface area contributed by atoms with Gasteiger partial charge in [-0.15, -0.1) is 0 Å². The van der Waals surface area contributed by atoms with Crippen LogP contribution in [0.1, 0.15) is 25.3 Å². The molecule has 128 valence electrons. The average molecular weight is 338 g/mol. The van der Waals surface area contributed by atoms with Crippen molar-refractivity contribution in [2.45, 2.75) is 25.2 Å². The molecule has 5 heteroatoms. The van der Waals surface area contributed by atoms with E-state index in [4.69, 9.17) is 4.74 Å². The summed E-state index contributed by atoms with van der Waals surface area (Å²) in [7, 11) is 0. The molecule has 1 fully saturated rings. The molecule has 1 aliphatic rings. The minimum Gasteiger partial charge on any atom is -0.492 e. The Hall–Kier alpha value is -2.82. The second-order valence-corrected chi connectivity index (χ2v) is 6.36. The van der Waals surface area contributed by atoms with Crippen molar-refractivity contribution in [2.75, 3.05) is 11.9 Å². The molecule has 1 aromatic heterocycles. The van der Waals surface area contributed by atoms with Gasteiger partial charge in [-0.1, -0.05) is 12.1 Å². The molecule has 4 nitrogen and oxygen atoms in total. The zero-order valence-corrected chi connectivity index (χ0v) is 13.9. The highest BCUT2D eigenvalue weighted by Gasteiger charge is 2.52. The normalized spacial score (nSPS) is 15.1. The summed E-state index contributed by atoms with van der Waals surface area (Å²) >= 11 is 0. The molecule has 25 heavy (non-hydrogen) atoms. The molecular weight excluding hydrogens is 319 g/mol. The standard InChI is InChI=1S/C20H19FN2O2/c1-2-25-18-6-4-3-5-16(18)23-19(24)20(9-10-20)15-12-22-17-11-13(21)7-8-14(15)17/h3-8,11-12,22H,2,9-10H2,1H3,(H,23,24). The van der Waals surface area contributed by atoms with Crippen LogP contribution < -0.4 is 10.1 Å². The fourth-order valence-electron chi connectivity index (χ4n) is 3.33. The van der Waals surface area contributed by atoms with E-state index in [0.29, 0.717) is 23.6 Å². The van der Waals surface area contributed by atoms with E-state index in [1.54, 1.807) is 6.07 Å². The van der Waals surface area contributed by atoms with E-state index in [1.165, 1.54) is 12.1 Å². The molecular formula is C20H19FN2O2. The summed E-state index contributed by atoms with van der Waals surface area (Å²) in [4.78, 5) is 16.1. The van der Waals surface area contributed by atoms with Gasteiger partial charge in [-0.2, -0.15) is 0 Å². The second kappa shape index (κ2) is 5.92. The Kier molecular flexibility index (Phi) is 3.71. The Bertz CT molecular complexity index is 944. The number of carbonyl (C=O) groups is 1. The molecule has 0 aliphatic heterocycles. The Morgan fingerprint density at radius 1 is 1.28 bits per heavy atom. The minimum absolute atomic E-state index is 0.0510. The highest BCUT2D eigenvalue weighted by molar-refractivity contribution is 6.05. The topological polar surface area (TPSA) is 54.1 Å². The van der Waals surface area contributed by atoms with Crippen LogP contribution in [0.2, 0.25) is 0 Å². The van der Waals surface area contributed by atoms with Crippen LogP contribution in [-0.4, -0.2) is 17.5 Å². The van der Waals surface area contributed by atoms with E-state index in [0.717, 1.165) is 23.8 Å². The van der Waals surface area contributed by atoms with Gasteiger partial charge in [0, 0.05) is 17.1 Å². The van der Waals surface area contributed by atoms with Gasteiger partial charge in [0.2, 0.25) is 5.91 Å². The molecule has 1 amide bonds. The number of fused-ring (bicyclic) bond motifs is 1. The van der Waals surface area contributed by atoms with E-state index in [-0.39, 0.29) is 11.7 Å². The number of amides is 1. The predicted octanol–water partition coefficient (Wildman–Crippen LogP) is 4.38. The minimum atomic E-state index is -0.560. The summed E-state index contributed by atoms with van der Waals surface area (Å²) in [5.41, 5.74) is 1.75. The lowest BCUT2D eigenvalue weighted by molar-refractivity contribution is -0.118. The van der Waals surface area contributed by atoms with Crippen molar-refractivity contribution < 1.29 is 13.9 Å². The van der Waals surface area contributed by atoms with Crippen molar-refractivity contribution in [1.29, 1.82) is 0 Å². The number of hydrogen-bond donors (Lipinski definition) is 2. The van der Waals surface area contributed by atoms with Crippen molar-refractivity contribution in [2.24, 2.45) is 0 Å². The summed E-state index contributed by atoms with van der Waals surface area (Å²) in [5, 5.41) is 3.91. The lowest BCUT2D eigenvalue weighted by Crippen LogP contribution is -2.27. The predicted molar refractivity (Wildman–Crippen MR) is 95.4 cm³/mol. The number of hydrogen-bond acceptors (Lipinski definition) is 2. The molecule has 1 aliphatic carbocycles. The van der Waals surface area contributed by atoms with Gasteiger partial charge in [-0.3, -0.25) is 4.79 Å². The number of nitrogens with one attached hydrogen (secondary N) is 2. The van der Waals surface area contributed by atoms with E-state index >= 15 is 0 Å². The SMILES string of the molecule is CCOc1ccccc1NC(=O)C1(c2c[nH]c3cc(F)ccc23)CC1. The number of para-hydroxylation sites is 2. The van der Waals surface area contributed by atoms with Crippen molar-refractivity contribution in [1.82, 2.24) is 4.98 Å². The third kappa shape index (κ3) is 2.65. The summed E-state index contributed by atoms with van der Waals surface area (Å²) < 4.78 is 19.0. The first-order chi connectivity index (χ1) is 12.1. The molecule has 0 bridgehead atoms. The second-order valence-electron chi connectivity index (χ2n) is 6.36. The van der Waals surface area contributed by atoms with E-state index in [2.05, 4.69) is 10.3 Å². The maximum Gasteiger partial charge on any atom is 0.235 e. The molecule has 0 saturated heterocycles. The summed E-state index contributed by atoms with van der Waals surface area (Å²) in [5.74, 6) is 0.320. The van der Waals surface area contributed by atoms with Crippen LogP contribution in [0.15, 0.2) is 48.7 Å². The van der Waals surface area contributed by atoms with Gasteiger partial charge in [-0.25, -0.2) is 4.39 Å². The Balaban J connectivity index is 1.66. The summed E-state index contributed by atoms with van der Waals surface area (Å²) in [6.07, 6.45) is 3.38. The highest BCUT2D eigenvalue weighted by atomic mass is 19.1. The first-order valence-corrected chi connectivity index (χ1v) is 8.44. The van der Waals surface area contributed by atoms with Gasteiger partial charge in [0.15, 0.2) is 0 Å². The molecule has 1 saturated carbocycles. The molecule has 2 aromatic carbocycles. The van der Waals surface area contributed by atoms with Gasteiger partial charge >= 0.3 is 0 Å². The smallest absolute Gasteiger partial charge is 0.235 e. The zero-order valence-electron chi connectivity index (χ0n) is 13.9. The molecule has 0 atom stereocenters. The lowest BCUT2D eigenvalue weighted by atomic mass is 9.94. The number of H-pyrrole nitrogens is 1. The highest BCUT2D eigenvalue weighted by Crippen LogP contribution is 2.51. The van der Waals surface area contributed by atoms with Crippen molar-refractivity contribution in [3.63, 3.8) is 0 Å². The Morgan fingerprint density at radius 3 is 2.84 bits per heavy atom. The largest absolute Gasteiger partial charge is 0.492 e. The van der Waals surface area contributed by atoms with E-state index < -0.39 is 5.41 Å². The Labute approximate surface area is 145 Å². The van der Waals surface area contributed by atoms with E-state index in [9.17, 15) is 9.18 Å². The van der Waals surface area contributed by atoms with Crippen molar-refractivity contribution >= 4 is 22.5 Å². The molecule has 4 rings (SSSR count). The van der Waals surface area contributed by atoms with Gasteiger partial charge in [-0.05, 0) is 55.7 Å². The lowest BCUT2D eigenvalue weighted by Gasteiger charge is -2.17.